The fourth-order valence-corrected chi connectivity index (χ4v) is 2.65. The van der Waals surface area contributed by atoms with Crippen LogP contribution in [0.3, 0.4) is 0 Å². The van der Waals surface area contributed by atoms with Crippen LogP contribution in [0, 0.1) is 0 Å². The number of hydrogen-bond donors (Lipinski definition) is 3. The normalized spacial score (nSPS) is 10.8. The van der Waals surface area contributed by atoms with Crippen molar-refractivity contribution in [3.05, 3.63) is 65.2 Å². The van der Waals surface area contributed by atoms with E-state index in [9.17, 15) is 9.59 Å². The molecule has 0 unspecified atom stereocenters. The van der Waals surface area contributed by atoms with Crippen molar-refractivity contribution < 1.29 is 9.59 Å². The summed E-state index contributed by atoms with van der Waals surface area (Å²) in [5.41, 5.74) is 3.39. The second-order valence-corrected chi connectivity index (χ2v) is 7.69. The second kappa shape index (κ2) is 8.77. The Balaban J connectivity index is 1.93. The standard InChI is InChI=1S/C21H25N3O2S/c1-21(2,3)16-9-7-15(8-10-16)19(26)24-20(27)23-17-11-5-14(6-12-17)13-18(25)22-4/h5-12H,13H2,1-4H3,(H,22,25)(H2,23,24,26,27). The number of thiocarbonyl (C=S) groups is 1. The molecule has 0 bridgehead atoms. The fourth-order valence-electron chi connectivity index (χ4n) is 2.44. The number of benzene rings is 2. The number of anilines is 1. The highest BCUT2D eigenvalue weighted by Gasteiger charge is 2.14. The molecule has 6 heteroatoms. The van der Waals surface area contributed by atoms with E-state index in [1.54, 1.807) is 19.2 Å². The van der Waals surface area contributed by atoms with Crippen molar-refractivity contribution in [2.75, 3.05) is 12.4 Å². The maximum absolute atomic E-state index is 12.3. The Hall–Kier alpha value is -2.73. The number of carbonyl (C=O) groups excluding carboxylic acids is 2. The van der Waals surface area contributed by atoms with E-state index >= 15 is 0 Å². The lowest BCUT2D eigenvalue weighted by Gasteiger charge is -2.19. The summed E-state index contributed by atoms with van der Waals surface area (Å²) >= 11 is 5.21. The van der Waals surface area contributed by atoms with Gasteiger partial charge in [-0.15, -0.1) is 0 Å². The van der Waals surface area contributed by atoms with Gasteiger partial charge in [0, 0.05) is 18.3 Å². The van der Waals surface area contributed by atoms with E-state index in [0.29, 0.717) is 12.0 Å². The van der Waals surface area contributed by atoms with Gasteiger partial charge >= 0.3 is 0 Å². The molecule has 0 atom stereocenters. The fraction of sp³-hybridized carbons (Fsp3) is 0.286. The molecule has 0 spiro atoms. The summed E-state index contributed by atoms with van der Waals surface area (Å²) in [4.78, 5) is 23.7. The predicted molar refractivity (Wildman–Crippen MR) is 113 cm³/mol. The number of amides is 2. The molecule has 2 amide bonds. The minimum absolute atomic E-state index is 0.0375. The highest BCUT2D eigenvalue weighted by Crippen LogP contribution is 2.22. The number of rotatable bonds is 4. The van der Waals surface area contributed by atoms with Crippen molar-refractivity contribution in [2.24, 2.45) is 0 Å². The summed E-state index contributed by atoms with van der Waals surface area (Å²) in [5, 5.41) is 8.46. The lowest BCUT2D eigenvalue weighted by Crippen LogP contribution is -2.34. The number of nitrogens with one attached hydrogen (secondary N) is 3. The third kappa shape index (κ3) is 6.18. The van der Waals surface area contributed by atoms with E-state index in [1.807, 2.05) is 36.4 Å². The maximum atomic E-state index is 12.3. The first-order valence-corrected chi connectivity index (χ1v) is 9.12. The average molecular weight is 384 g/mol. The Morgan fingerprint density at radius 2 is 1.56 bits per heavy atom. The molecule has 2 aromatic rings. The monoisotopic (exact) mass is 383 g/mol. The highest BCUT2D eigenvalue weighted by atomic mass is 32.1. The van der Waals surface area contributed by atoms with Crippen LogP contribution in [0.15, 0.2) is 48.5 Å². The van der Waals surface area contributed by atoms with Crippen LogP contribution in [-0.4, -0.2) is 24.0 Å². The Morgan fingerprint density at radius 3 is 2.07 bits per heavy atom. The van der Waals surface area contributed by atoms with Crippen molar-refractivity contribution >= 4 is 34.8 Å². The van der Waals surface area contributed by atoms with E-state index in [-0.39, 0.29) is 22.3 Å². The topological polar surface area (TPSA) is 70.2 Å². The molecule has 0 heterocycles. The molecule has 0 saturated heterocycles. The molecular weight excluding hydrogens is 358 g/mol. The van der Waals surface area contributed by atoms with E-state index in [2.05, 4.69) is 36.7 Å². The predicted octanol–water partition coefficient (Wildman–Crippen LogP) is 3.40. The summed E-state index contributed by atoms with van der Waals surface area (Å²) in [7, 11) is 1.61. The van der Waals surface area contributed by atoms with E-state index < -0.39 is 0 Å². The summed E-state index contributed by atoms with van der Waals surface area (Å²) in [5.74, 6) is -0.305. The summed E-state index contributed by atoms with van der Waals surface area (Å²) in [6.07, 6.45) is 0.322. The van der Waals surface area contributed by atoms with E-state index in [1.165, 1.54) is 0 Å². The third-order valence-electron chi connectivity index (χ3n) is 4.10. The zero-order chi connectivity index (χ0) is 20.0. The van der Waals surface area contributed by atoms with Crippen molar-refractivity contribution in [3.63, 3.8) is 0 Å². The molecule has 0 radical (unpaired) electrons. The lowest BCUT2D eigenvalue weighted by molar-refractivity contribution is -0.119. The van der Waals surface area contributed by atoms with Crippen LogP contribution >= 0.6 is 12.2 Å². The molecule has 0 aliphatic rings. The molecule has 0 saturated carbocycles. The van der Waals surface area contributed by atoms with Gasteiger partial charge in [0.15, 0.2) is 5.11 Å². The maximum Gasteiger partial charge on any atom is 0.257 e. The molecule has 0 aliphatic heterocycles. The minimum atomic E-state index is -0.260. The SMILES string of the molecule is CNC(=O)Cc1ccc(NC(=S)NC(=O)c2ccc(C(C)(C)C)cc2)cc1. The zero-order valence-electron chi connectivity index (χ0n) is 16.1. The van der Waals surface area contributed by atoms with Gasteiger partial charge in [-0.3, -0.25) is 14.9 Å². The molecule has 0 aromatic heterocycles. The summed E-state index contributed by atoms with van der Waals surface area (Å²) in [6.45, 7) is 6.38. The Kier molecular flexibility index (Phi) is 6.69. The molecule has 142 valence electrons. The number of carbonyl (C=O) groups is 2. The smallest absolute Gasteiger partial charge is 0.257 e. The van der Waals surface area contributed by atoms with Gasteiger partial charge in [-0.1, -0.05) is 45.0 Å². The first-order valence-electron chi connectivity index (χ1n) is 8.71. The van der Waals surface area contributed by atoms with Gasteiger partial charge in [-0.05, 0) is 53.0 Å². The highest BCUT2D eigenvalue weighted by molar-refractivity contribution is 7.80. The Morgan fingerprint density at radius 1 is 0.963 bits per heavy atom. The Bertz CT molecular complexity index is 822. The van der Waals surface area contributed by atoms with E-state index in [4.69, 9.17) is 12.2 Å². The van der Waals surface area contributed by atoms with Gasteiger partial charge in [-0.25, -0.2) is 0 Å². The number of likely N-dealkylation sites (N-methyl/N-ethyl adjacent to an activating group) is 1. The molecule has 2 aromatic carbocycles. The molecule has 0 aliphatic carbocycles. The molecule has 0 fully saturated rings. The lowest BCUT2D eigenvalue weighted by atomic mass is 9.87. The van der Waals surface area contributed by atoms with Crippen LogP contribution in [0.5, 0.6) is 0 Å². The van der Waals surface area contributed by atoms with Crippen molar-refractivity contribution in [3.8, 4) is 0 Å². The average Bonchev–Trinajstić information content (AvgIpc) is 2.62. The van der Waals surface area contributed by atoms with E-state index in [0.717, 1.165) is 16.8 Å². The molecular formula is C21H25N3O2S. The van der Waals surface area contributed by atoms with Crippen molar-refractivity contribution in [1.82, 2.24) is 10.6 Å². The van der Waals surface area contributed by atoms with Gasteiger partial charge in [0.1, 0.15) is 0 Å². The summed E-state index contributed by atoms with van der Waals surface area (Å²) in [6, 6.07) is 14.8. The third-order valence-corrected chi connectivity index (χ3v) is 4.30. The number of hydrogen-bond acceptors (Lipinski definition) is 3. The largest absolute Gasteiger partial charge is 0.359 e. The van der Waals surface area contributed by atoms with Crippen LogP contribution in [0.2, 0.25) is 0 Å². The van der Waals surface area contributed by atoms with Crippen LogP contribution in [0.4, 0.5) is 5.69 Å². The van der Waals surface area contributed by atoms with Crippen molar-refractivity contribution in [1.29, 1.82) is 0 Å². The van der Waals surface area contributed by atoms with Crippen LogP contribution in [-0.2, 0) is 16.6 Å². The van der Waals surface area contributed by atoms with Gasteiger partial charge in [-0.2, -0.15) is 0 Å². The Labute approximate surface area is 165 Å². The van der Waals surface area contributed by atoms with Crippen molar-refractivity contribution in [2.45, 2.75) is 32.6 Å². The summed E-state index contributed by atoms with van der Waals surface area (Å²) < 4.78 is 0. The van der Waals surface area contributed by atoms with Crippen LogP contribution < -0.4 is 16.0 Å². The quantitative estimate of drug-likeness (QED) is 0.708. The first kappa shape index (κ1) is 20.6. The molecule has 3 N–H and O–H groups in total. The van der Waals surface area contributed by atoms with Gasteiger partial charge < -0.3 is 10.6 Å². The van der Waals surface area contributed by atoms with Gasteiger partial charge in [0.25, 0.3) is 5.91 Å². The first-order chi connectivity index (χ1) is 12.7. The van der Waals surface area contributed by atoms with Gasteiger partial charge in [0.2, 0.25) is 5.91 Å². The second-order valence-electron chi connectivity index (χ2n) is 7.28. The van der Waals surface area contributed by atoms with Crippen LogP contribution in [0.1, 0.15) is 42.3 Å². The van der Waals surface area contributed by atoms with Gasteiger partial charge in [0.05, 0.1) is 6.42 Å². The molecule has 27 heavy (non-hydrogen) atoms. The minimum Gasteiger partial charge on any atom is -0.359 e. The van der Waals surface area contributed by atoms with Crippen LogP contribution in [0.25, 0.3) is 0 Å². The zero-order valence-corrected chi connectivity index (χ0v) is 16.9. The molecule has 2 rings (SSSR count). The molecule has 5 nitrogen and oxygen atoms in total.